The Labute approximate surface area is 100 Å². The molecule has 2 rings (SSSR count). The van der Waals surface area contributed by atoms with Crippen LogP contribution < -0.4 is 4.46 Å². The van der Waals surface area contributed by atoms with Gasteiger partial charge in [0.15, 0.2) is 0 Å². The average molecular weight is 277 g/mol. The molecule has 0 bridgehead atoms. The Kier molecular flexibility index (Phi) is 3.52. The van der Waals surface area contributed by atoms with Crippen molar-refractivity contribution in [3.63, 3.8) is 0 Å². The molecule has 0 fully saturated rings. The van der Waals surface area contributed by atoms with E-state index < -0.39 is 15.3 Å². The van der Waals surface area contributed by atoms with E-state index in [0.29, 0.717) is 11.1 Å². The van der Waals surface area contributed by atoms with E-state index in [-0.39, 0.29) is 5.78 Å². The van der Waals surface area contributed by atoms with Crippen molar-refractivity contribution in [3.8, 4) is 0 Å². The SMILES string of the molecule is O=C(c1ccccc1)c1ccccc1[Se]O. The first-order chi connectivity index (χ1) is 7.83. The van der Waals surface area contributed by atoms with Gasteiger partial charge in [-0.05, 0) is 0 Å². The summed E-state index contributed by atoms with van der Waals surface area (Å²) < 4.78 is 9.95. The molecule has 0 atom stereocenters. The third kappa shape index (κ3) is 2.22. The summed E-state index contributed by atoms with van der Waals surface area (Å²) in [4.78, 5) is 12.1. The first-order valence-corrected chi connectivity index (χ1v) is 6.45. The monoisotopic (exact) mass is 278 g/mol. The van der Waals surface area contributed by atoms with Crippen LogP contribution in [-0.2, 0) is 0 Å². The fourth-order valence-electron chi connectivity index (χ4n) is 1.48. The number of hydrogen-bond donors (Lipinski definition) is 1. The quantitative estimate of drug-likeness (QED) is 0.675. The van der Waals surface area contributed by atoms with Crippen molar-refractivity contribution in [1.29, 1.82) is 0 Å². The van der Waals surface area contributed by atoms with E-state index >= 15 is 0 Å². The second-order valence-electron chi connectivity index (χ2n) is 3.28. The van der Waals surface area contributed by atoms with Crippen LogP contribution in [0.25, 0.3) is 0 Å². The second kappa shape index (κ2) is 5.08. The van der Waals surface area contributed by atoms with Crippen LogP contribution in [0.3, 0.4) is 0 Å². The first kappa shape index (κ1) is 11.1. The molecule has 0 unspecified atom stereocenters. The summed E-state index contributed by atoms with van der Waals surface area (Å²) >= 11 is -0.652. The molecule has 16 heavy (non-hydrogen) atoms. The number of rotatable bonds is 3. The zero-order valence-electron chi connectivity index (χ0n) is 8.46. The fourth-order valence-corrected chi connectivity index (χ4v) is 2.31. The Morgan fingerprint density at radius 1 is 0.938 bits per heavy atom. The maximum absolute atomic E-state index is 12.1. The minimum absolute atomic E-state index is 0.0351. The van der Waals surface area contributed by atoms with Crippen LogP contribution in [0, 0.1) is 0 Å². The summed E-state index contributed by atoms with van der Waals surface area (Å²) in [7, 11) is 0. The van der Waals surface area contributed by atoms with E-state index in [2.05, 4.69) is 0 Å². The Morgan fingerprint density at radius 3 is 2.25 bits per heavy atom. The molecule has 0 radical (unpaired) electrons. The van der Waals surface area contributed by atoms with Crippen molar-refractivity contribution >= 4 is 25.5 Å². The summed E-state index contributed by atoms with van der Waals surface area (Å²) in [5.41, 5.74) is 1.25. The van der Waals surface area contributed by atoms with Crippen molar-refractivity contribution < 1.29 is 8.98 Å². The molecule has 0 saturated carbocycles. The van der Waals surface area contributed by atoms with Crippen LogP contribution in [0.5, 0.6) is 0 Å². The molecule has 80 valence electrons. The normalized spacial score (nSPS) is 10.1. The van der Waals surface area contributed by atoms with Gasteiger partial charge in [-0.1, -0.05) is 0 Å². The minimum atomic E-state index is -0.652. The van der Waals surface area contributed by atoms with E-state index in [0.717, 1.165) is 4.46 Å². The Balaban J connectivity index is 2.42. The van der Waals surface area contributed by atoms with E-state index in [1.807, 2.05) is 30.3 Å². The van der Waals surface area contributed by atoms with Crippen molar-refractivity contribution in [2.45, 2.75) is 0 Å². The van der Waals surface area contributed by atoms with Crippen LogP contribution in [0.1, 0.15) is 15.9 Å². The van der Waals surface area contributed by atoms with Gasteiger partial charge in [0.25, 0.3) is 0 Å². The molecule has 2 aromatic rings. The molecule has 0 amide bonds. The first-order valence-electron chi connectivity index (χ1n) is 4.83. The van der Waals surface area contributed by atoms with Gasteiger partial charge >= 0.3 is 100 Å². The molecule has 0 heterocycles. The molecule has 2 aromatic carbocycles. The summed E-state index contributed by atoms with van der Waals surface area (Å²) in [6.07, 6.45) is 0. The van der Waals surface area contributed by atoms with Crippen molar-refractivity contribution in [2.75, 3.05) is 0 Å². The van der Waals surface area contributed by atoms with Crippen LogP contribution in [0.15, 0.2) is 54.6 Å². The standard InChI is InChI=1S/C13H10O2Se/c14-13(10-6-2-1-3-7-10)11-8-4-5-9-12(11)16-15/h1-9,15H. The molecule has 0 aliphatic carbocycles. The molecule has 3 heteroatoms. The average Bonchev–Trinajstić information content (AvgIpc) is 2.39. The zero-order valence-corrected chi connectivity index (χ0v) is 10.2. The summed E-state index contributed by atoms with van der Waals surface area (Å²) in [5, 5.41) is 0. The second-order valence-corrected chi connectivity index (χ2v) is 4.59. The molecule has 1 N–H and O–H groups in total. The van der Waals surface area contributed by atoms with Gasteiger partial charge in [0, 0.05) is 0 Å². The van der Waals surface area contributed by atoms with Crippen LogP contribution in [0.2, 0.25) is 0 Å². The number of carbonyl (C=O) groups excluding carboxylic acids is 1. The van der Waals surface area contributed by atoms with Crippen molar-refractivity contribution in [1.82, 2.24) is 0 Å². The van der Waals surface area contributed by atoms with E-state index in [1.54, 1.807) is 24.3 Å². The molecule has 0 spiro atoms. The van der Waals surface area contributed by atoms with Crippen LogP contribution >= 0.6 is 0 Å². The summed E-state index contributed by atoms with van der Waals surface area (Å²) in [6, 6.07) is 16.3. The molecule has 0 aromatic heterocycles. The third-order valence-corrected chi connectivity index (χ3v) is 3.43. The van der Waals surface area contributed by atoms with Gasteiger partial charge in [-0.2, -0.15) is 0 Å². The number of hydrogen-bond acceptors (Lipinski definition) is 2. The fraction of sp³-hybridized carbons (Fsp3) is 0. The zero-order chi connectivity index (χ0) is 11.4. The molecule has 0 saturated heterocycles. The van der Waals surface area contributed by atoms with Gasteiger partial charge in [0.1, 0.15) is 0 Å². The molecular formula is C13H10O2Se. The Hall–Kier alpha value is -1.41. The number of ketones is 1. The topological polar surface area (TPSA) is 37.3 Å². The van der Waals surface area contributed by atoms with Crippen molar-refractivity contribution in [2.24, 2.45) is 0 Å². The van der Waals surface area contributed by atoms with Gasteiger partial charge in [-0.25, -0.2) is 0 Å². The molecule has 0 aliphatic rings. The maximum atomic E-state index is 12.1. The predicted molar refractivity (Wildman–Crippen MR) is 63.9 cm³/mol. The molecular weight excluding hydrogens is 267 g/mol. The Bertz CT molecular complexity index is 494. The van der Waals surface area contributed by atoms with E-state index in [4.69, 9.17) is 0 Å². The van der Waals surface area contributed by atoms with Gasteiger partial charge in [0.05, 0.1) is 0 Å². The summed E-state index contributed by atoms with van der Waals surface area (Å²) in [5.74, 6) is -0.0351. The molecule has 2 nitrogen and oxygen atoms in total. The summed E-state index contributed by atoms with van der Waals surface area (Å²) in [6.45, 7) is 0. The van der Waals surface area contributed by atoms with E-state index in [1.165, 1.54) is 0 Å². The van der Waals surface area contributed by atoms with Crippen LogP contribution in [0.4, 0.5) is 0 Å². The van der Waals surface area contributed by atoms with Crippen LogP contribution in [-0.4, -0.2) is 25.3 Å². The van der Waals surface area contributed by atoms with Gasteiger partial charge in [-0.15, -0.1) is 0 Å². The number of carbonyl (C=O) groups is 1. The van der Waals surface area contributed by atoms with Crippen molar-refractivity contribution in [3.05, 3.63) is 65.7 Å². The Morgan fingerprint density at radius 2 is 1.56 bits per heavy atom. The van der Waals surface area contributed by atoms with Gasteiger partial charge in [-0.3, -0.25) is 0 Å². The van der Waals surface area contributed by atoms with Gasteiger partial charge < -0.3 is 0 Å². The number of benzene rings is 2. The van der Waals surface area contributed by atoms with Gasteiger partial charge in [0.2, 0.25) is 0 Å². The van der Waals surface area contributed by atoms with E-state index in [9.17, 15) is 8.98 Å². The predicted octanol–water partition coefficient (Wildman–Crippen LogP) is 1.15. The molecule has 0 aliphatic heterocycles. The third-order valence-electron chi connectivity index (χ3n) is 2.27.